The van der Waals surface area contributed by atoms with E-state index in [1.165, 1.54) is 0 Å². The van der Waals surface area contributed by atoms with E-state index < -0.39 is 23.7 Å². The van der Waals surface area contributed by atoms with Crippen LogP contribution in [0, 0.1) is 3.70 Å². The molecular formula is C8H7F2IN2O2. The third-order valence-corrected chi connectivity index (χ3v) is 2.67. The molecule has 82 valence electrons. The molecule has 3 N–H and O–H groups in total. The first-order valence-electron chi connectivity index (χ1n) is 3.88. The van der Waals surface area contributed by atoms with Crippen molar-refractivity contribution in [1.29, 1.82) is 0 Å². The van der Waals surface area contributed by atoms with Crippen LogP contribution < -0.4 is 5.73 Å². The van der Waals surface area contributed by atoms with Crippen LogP contribution in [0.2, 0.25) is 0 Å². The zero-order valence-corrected chi connectivity index (χ0v) is 9.53. The number of carbonyl (C=O) groups is 1. The van der Waals surface area contributed by atoms with Gasteiger partial charge in [-0.05, 0) is 34.2 Å². The number of hydrogen-bond donors (Lipinski definition) is 2. The average Bonchev–Trinajstić information content (AvgIpc) is 2.16. The van der Waals surface area contributed by atoms with E-state index in [0.717, 1.165) is 6.07 Å². The van der Waals surface area contributed by atoms with Gasteiger partial charge in [0.2, 0.25) is 0 Å². The van der Waals surface area contributed by atoms with Gasteiger partial charge < -0.3 is 10.8 Å². The number of aromatic carboxylic acids is 1. The summed E-state index contributed by atoms with van der Waals surface area (Å²) in [6, 6.07) is 1.14. The summed E-state index contributed by atoms with van der Waals surface area (Å²) >= 11 is 1.74. The molecule has 1 heterocycles. The Labute approximate surface area is 97.6 Å². The van der Waals surface area contributed by atoms with E-state index in [1.807, 2.05) is 0 Å². The standard InChI is InChI=1S/C8H7F2IN2O2/c9-6(10)5-4(8(14)15)1-3(2-12)7(11)13-5/h1,6H,2,12H2,(H,14,15). The fourth-order valence-electron chi connectivity index (χ4n) is 1.03. The highest BCUT2D eigenvalue weighted by Crippen LogP contribution is 2.24. The number of alkyl halides is 2. The van der Waals surface area contributed by atoms with Gasteiger partial charge in [-0.15, -0.1) is 0 Å². The van der Waals surface area contributed by atoms with E-state index in [9.17, 15) is 13.6 Å². The Balaban J connectivity index is 3.39. The SMILES string of the molecule is NCc1cc(C(=O)O)c(C(F)F)nc1I. The zero-order chi connectivity index (χ0) is 11.6. The van der Waals surface area contributed by atoms with Crippen molar-refractivity contribution >= 4 is 28.6 Å². The monoisotopic (exact) mass is 328 g/mol. The maximum atomic E-state index is 12.4. The number of nitrogens with two attached hydrogens (primary N) is 1. The van der Waals surface area contributed by atoms with Crippen molar-refractivity contribution < 1.29 is 18.7 Å². The minimum atomic E-state index is -2.91. The molecule has 0 aliphatic carbocycles. The molecule has 0 fully saturated rings. The second-order valence-corrected chi connectivity index (χ2v) is 3.70. The summed E-state index contributed by atoms with van der Waals surface area (Å²) < 4.78 is 25.2. The number of rotatable bonds is 3. The van der Waals surface area contributed by atoms with Gasteiger partial charge in [0.1, 0.15) is 9.39 Å². The van der Waals surface area contributed by atoms with E-state index in [2.05, 4.69) is 4.98 Å². The van der Waals surface area contributed by atoms with Crippen LogP contribution in [0.1, 0.15) is 28.0 Å². The van der Waals surface area contributed by atoms with Gasteiger partial charge in [0.15, 0.2) is 0 Å². The third kappa shape index (κ3) is 2.59. The molecule has 15 heavy (non-hydrogen) atoms. The molecule has 0 aromatic carbocycles. The van der Waals surface area contributed by atoms with Crippen LogP contribution in [0.5, 0.6) is 0 Å². The number of nitrogens with zero attached hydrogens (tertiary/aromatic N) is 1. The van der Waals surface area contributed by atoms with Crippen molar-refractivity contribution in [3.8, 4) is 0 Å². The summed E-state index contributed by atoms with van der Waals surface area (Å²) in [6.45, 7) is 0.0646. The molecule has 0 atom stereocenters. The lowest BCUT2D eigenvalue weighted by molar-refractivity contribution is 0.0682. The number of carboxylic acids is 1. The highest BCUT2D eigenvalue weighted by Gasteiger charge is 2.21. The molecule has 0 bridgehead atoms. The van der Waals surface area contributed by atoms with Crippen molar-refractivity contribution in [2.24, 2.45) is 5.73 Å². The predicted octanol–water partition coefficient (Wildman–Crippen LogP) is 1.78. The second-order valence-electron chi connectivity index (χ2n) is 2.68. The van der Waals surface area contributed by atoms with Gasteiger partial charge in [-0.25, -0.2) is 18.6 Å². The van der Waals surface area contributed by atoms with Crippen LogP contribution in [0.15, 0.2) is 6.07 Å². The first-order valence-corrected chi connectivity index (χ1v) is 4.96. The van der Waals surface area contributed by atoms with Crippen LogP contribution in [-0.2, 0) is 6.54 Å². The fourth-order valence-corrected chi connectivity index (χ4v) is 1.66. The Bertz CT molecular complexity index is 398. The summed E-state index contributed by atoms with van der Waals surface area (Å²) in [7, 11) is 0. The molecule has 0 amide bonds. The van der Waals surface area contributed by atoms with Gasteiger partial charge in [-0.2, -0.15) is 0 Å². The Morgan fingerprint density at radius 3 is 2.67 bits per heavy atom. The predicted molar refractivity (Wildman–Crippen MR) is 56.8 cm³/mol. The van der Waals surface area contributed by atoms with Gasteiger partial charge in [0, 0.05) is 6.54 Å². The van der Waals surface area contributed by atoms with Crippen molar-refractivity contribution in [3.63, 3.8) is 0 Å². The lowest BCUT2D eigenvalue weighted by atomic mass is 10.1. The Kier molecular flexibility index (Phi) is 3.91. The molecule has 0 radical (unpaired) electrons. The molecule has 0 aliphatic heterocycles. The normalized spacial score (nSPS) is 10.7. The van der Waals surface area contributed by atoms with Gasteiger partial charge in [0.05, 0.1) is 5.56 Å². The third-order valence-electron chi connectivity index (χ3n) is 1.74. The van der Waals surface area contributed by atoms with Gasteiger partial charge in [-0.3, -0.25) is 0 Å². The van der Waals surface area contributed by atoms with Crippen molar-refractivity contribution in [2.75, 3.05) is 0 Å². The van der Waals surface area contributed by atoms with Crippen LogP contribution in [0.25, 0.3) is 0 Å². The molecule has 0 spiro atoms. The maximum absolute atomic E-state index is 12.4. The minimum Gasteiger partial charge on any atom is -0.478 e. The van der Waals surface area contributed by atoms with Crippen LogP contribution in [0.4, 0.5) is 8.78 Å². The molecule has 0 saturated heterocycles. The topological polar surface area (TPSA) is 76.2 Å². The quantitative estimate of drug-likeness (QED) is 0.655. The van der Waals surface area contributed by atoms with Crippen LogP contribution in [-0.4, -0.2) is 16.1 Å². The first kappa shape index (κ1) is 12.2. The van der Waals surface area contributed by atoms with Crippen molar-refractivity contribution in [1.82, 2.24) is 4.98 Å². The lowest BCUT2D eigenvalue weighted by Crippen LogP contribution is -2.11. The number of pyridine rings is 1. The largest absolute Gasteiger partial charge is 0.478 e. The number of carboxylic acid groups (broad SMARTS) is 1. The average molecular weight is 328 g/mol. The number of halogens is 3. The summed E-state index contributed by atoms with van der Waals surface area (Å²) in [4.78, 5) is 14.2. The van der Waals surface area contributed by atoms with Gasteiger partial charge in [0.25, 0.3) is 6.43 Å². The van der Waals surface area contributed by atoms with Gasteiger partial charge >= 0.3 is 5.97 Å². The summed E-state index contributed by atoms with van der Waals surface area (Å²) in [5.74, 6) is -1.43. The summed E-state index contributed by atoms with van der Waals surface area (Å²) in [5, 5.41) is 8.71. The van der Waals surface area contributed by atoms with E-state index in [1.54, 1.807) is 22.6 Å². The van der Waals surface area contributed by atoms with E-state index in [4.69, 9.17) is 10.8 Å². The van der Waals surface area contributed by atoms with Crippen molar-refractivity contribution in [3.05, 3.63) is 26.6 Å². The molecular weight excluding hydrogens is 321 g/mol. The van der Waals surface area contributed by atoms with Gasteiger partial charge in [-0.1, -0.05) is 0 Å². The smallest absolute Gasteiger partial charge is 0.337 e. The number of hydrogen-bond acceptors (Lipinski definition) is 3. The fraction of sp³-hybridized carbons (Fsp3) is 0.250. The summed E-state index contributed by atoms with van der Waals surface area (Å²) in [5.41, 5.74) is 4.55. The van der Waals surface area contributed by atoms with E-state index >= 15 is 0 Å². The van der Waals surface area contributed by atoms with E-state index in [-0.39, 0.29) is 6.54 Å². The first-order chi connectivity index (χ1) is 6.97. The number of aromatic nitrogens is 1. The Morgan fingerprint density at radius 2 is 2.27 bits per heavy atom. The Morgan fingerprint density at radius 1 is 1.67 bits per heavy atom. The molecule has 1 rings (SSSR count). The maximum Gasteiger partial charge on any atom is 0.337 e. The van der Waals surface area contributed by atoms with Crippen LogP contribution >= 0.6 is 22.6 Å². The summed E-state index contributed by atoms with van der Waals surface area (Å²) in [6.07, 6.45) is -2.91. The van der Waals surface area contributed by atoms with Crippen molar-refractivity contribution in [2.45, 2.75) is 13.0 Å². The molecule has 1 aromatic rings. The highest BCUT2D eigenvalue weighted by molar-refractivity contribution is 14.1. The zero-order valence-electron chi connectivity index (χ0n) is 7.38. The Hall–Kier alpha value is -0.830. The molecule has 0 unspecified atom stereocenters. The molecule has 0 saturated carbocycles. The highest BCUT2D eigenvalue weighted by atomic mass is 127. The van der Waals surface area contributed by atoms with E-state index in [0.29, 0.717) is 9.26 Å². The minimum absolute atomic E-state index is 0.0646. The molecule has 0 aliphatic rings. The molecule has 1 aromatic heterocycles. The second kappa shape index (κ2) is 4.79. The lowest BCUT2D eigenvalue weighted by Gasteiger charge is -2.08. The molecule has 4 nitrogen and oxygen atoms in total. The van der Waals surface area contributed by atoms with Crippen LogP contribution in [0.3, 0.4) is 0 Å². The molecule has 7 heteroatoms.